The molecule has 2 aliphatic heterocycles. The number of hydrogen-bond acceptors (Lipinski definition) is 5. The van der Waals surface area contributed by atoms with Gasteiger partial charge in [0.15, 0.2) is 0 Å². The molecule has 0 saturated heterocycles. The average molecular weight is 398 g/mol. The van der Waals surface area contributed by atoms with Crippen LogP contribution in [0.25, 0.3) is 11.0 Å². The van der Waals surface area contributed by atoms with Crippen LogP contribution in [0.15, 0.2) is 52.7 Å². The number of alkyl halides is 3. The number of aliphatic imine (C=N–C) groups is 2. The quantitative estimate of drug-likeness (QED) is 0.684. The molecule has 2 aromatic carbocycles. The molecule has 10 heteroatoms. The van der Waals surface area contributed by atoms with Gasteiger partial charge in [-0.05, 0) is 36.4 Å². The standard InChI is InChI=1S/C19H13F3N6O/c20-19(21,22)11-2-3-12-13(8-11)26-18(27-6-5-24-17(12)27)28-9-25-14-7-10(16(23)29)1-4-15(14)28/h1-4,7-9H,5-6H2,(H2,23,29). The summed E-state index contributed by atoms with van der Waals surface area (Å²) in [7, 11) is 0. The summed E-state index contributed by atoms with van der Waals surface area (Å²) in [6, 6.07) is 8.28. The van der Waals surface area contributed by atoms with Crippen molar-refractivity contribution in [3.63, 3.8) is 0 Å². The first-order chi connectivity index (χ1) is 13.8. The zero-order valence-electron chi connectivity index (χ0n) is 14.8. The van der Waals surface area contributed by atoms with E-state index < -0.39 is 17.6 Å². The second-order valence-corrected chi connectivity index (χ2v) is 6.68. The summed E-state index contributed by atoms with van der Waals surface area (Å²) in [5, 5.41) is 0. The summed E-state index contributed by atoms with van der Waals surface area (Å²) in [6.07, 6.45) is -2.95. The van der Waals surface area contributed by atoms with Gasteiger partial charge in [0, 0.05) is 17.7 Å². The number of carbonyl (C=O) groups excluding carboxylic acids is 1. The molecule has 0 spiro atoms. The summed E-state index contributed by atoms with van der Waals surface area (Å²) in [5.74, 6) is 0.413. The van der Waals surface area contributed by atoms with Gasteiger partial charge in [-0.3, -0.25) is 19.3 Å². The Labute approximate surface area is 162 Å². The minimum absolute atomic E-state index is 0.197. The van der Waals surface area contributed by atoms with Crippen LogP contribution in [0.5, 0.6) is 0 Å². The van der Waals surface area contributed by atoms with E-state index in [2.05, 4.69) is 15.0 Å². The van der Waals surface area contributed by atoms with Crippen molar-refractivity contribution in [1.29, 1.82) is 0 Å². The Morgan fingerprint density at radius 2 is 1.97 bits per heavy atom. The number of rotatable bonds is 1. The van der Waals surface area contributed by atoms with Gasteiger partial charge >= 0.3 is 6.18 Å². The lowest BCUT2D eigenvalue weighted by atomic mass is 10.1. The van der Waals surface area contributed by atoms with Crippen molar-refractivity contribution in [3.05, 3.63) is 59.4 Å². The summed E-state index contributed by atoms with van der Waals surface area (Å²) in [4.78, 5) is 26.5. The molecular weight excluding hydrogens is 385 g/mol. The van der Waals surface area contributed by atoms with E-state index in [1.54, 1.807) is 22.8 Å². The molecule has 7 nitrogen and oxygen atoms in total. The molecule has 0 atom stereocenters. The molecule has 1 aromatic heterocycles. The number of amides is 1. The number of hydrogen-bond donors (Lipinski definition) is 1. The van der Waals surface area contributed by atoms with Gasteiger partial charge in [0.1, 0.15) is 12.2 Å². The highest BCUT2D eigenvalue weighted by Gasteiger charge is 2.35. The van der Waals surface area contributed by atoms with E-state index in [4.69, 9.17) is 5.73 Å². The molecule has 3 aromatic rings. The summed E-state index contributed by atoms with van der Waals surface area (Å²) < 4.78 is 41.2. The number of imidazole rings is 1. The Balaban J connectivity index is 1.69. The lowest BCUT2D eigenvalue weighted by molar-refractivity contribution is -0.137. The number of nitrogens with zero attached hydrogens (tertiary/aromatic N) is 5. The van der Waals surface area contributed by atoms with Gasteiger partial charge in [0.05, 0.1) is 28.8 Å². The van der Waals surface area contributed by atoms with Crippen molar-refractivity contribution in [2.24, 2.45) is 15.7 Å². The van der Waals surface area contributed by atoms with Crippen LogP contribution in [0, 0.1) is 0 Å². The van der Waals surface area contributed by atoms with Crippen molar-refractivity contribution in [2.45, 2.75) is 6.18 Å². The van der Waals surface area contributed by atoms with Crippen LogP contribution in [-0.4, -0.2) is 45.2 Å². The summed E-state index contributed by atoms with van der Waals surface area (Å²) in [5.41, 5.74) is 6.78. The highest BCUT2D eigenvalue weighted by molar-refractivity contribution is 6.17. The Kier molecular flexibility index (Phi) is 3.54. The predicted octanol–water partition coefficient (Wildman–Crippen LogP) is 2.77. The third kappa shape index (κ3) is 2.67. The highest BCUT2D eigenvalue weighted by Crippen LogP contribution is 2.36. The Bertz CT molecular complexity index is 1240. The van der Waals surface area contributed by atoms with Crippen molar-refractivity contribution < 1.29 is 18.0 Å². The number of nitrogens with two attached hydrogens (primary N) is 1. The number of amidine groups is 1. The van der Waals surface area contributed by atoms with E-state index in [0.29, 0.717) is 47.0 Å². The average Bonchev–Trinajstić information content (AvgIpc) is 3.33. The van der Waals surface area contributed by atoms with Gasteiger partial charge in [-0.25, -0.2) is 9.98 Å². The summed E-state index contributed by atoms with van der Waals surface area (Å²) >= 11 is 0. The molecule has 1 amide bonds. The molecule has 3 heterocycles. The lowest BCUT2D eigenvalue weighted by Gasteiger charge is -2.28. The van der Waals surface area contributed by atoms with E-state index in [9.17, 15) is 18.0 Å². The van der Waals surface area contributed by atoms with Crippen LogP contribution in [0.2, 0.25) is 0 Å². The van der Waals surface area contributed by atoms with E-state index >= 15 is 0 Å². The van der Waals surface area contributed by atoms with E-state index in [-0.39, 0.29) is 5.69 Å². The maximum atomic E-state index is 13.2. The molecule has 0 saturated carbocycles. The topological polar surface area (TPSA) is 88.9 Å². The summed E-state index contributed by atoms with van der Waals surface area (Å²) in [6.45, 7) is 1.06. The maximum Gasteiger partial charge on any atom is 0.416 e. The van der Waals surface area contributed by atoms with Crippen molar-refractivity contribution in [1.82, 2.24) is 14.5 Å². The van der Waals surface area contributed by atoms with Gasteiger partial charge in [-0.15, -0.1) is 0 Å². The number of fused-ring (bicyclic) bond motifs is 4. The molecule has 0 radical (unpaired) electrons. The monoisotopic (exact) mass is 398 g/mol. The Morgan fingerprint density at radius 1 is 1.14 bits per heavy atom. The molecule has 146 valence electrons. The maximum absolute atomic E-state index is 13.2. The number of carbonyl (C=O) groups is 1. The molecule has 5 rings (SSSR count). The second kappa shape index (κ2) is 5.90. The molecule has 0 unspecified atom stereocenters. The minimum Gasteiger partial charge on any atom is -0.366 e. The second-order valence-electron chi connectivity index (χ2n) is 6.68. The Morgan fingerprint density at radius 3 is 2.72 bits per heavy atom. The smallest absolute Gasteiger partial charge is 0.366 e. The van der Waals surface area contributed by atoms with Crippen LogP contribution in [0.3, 0.4) is 0 Å². The zero-order chi connectivity index (χ0) is 20.3. The third-order valence-electron chi connectivity index (χ3n) is 4.92. The number of benzene rings is 2. The van der Waals surface area contributed by atoms with E-state index in [1.165, 1.54) is 12.4 Å². The van der Waals surface area contributed by atoms with E-state index in [1.807, 2.05) is 4.90 Å². The molecular formula is C19H13F3N6O. The fourth-order valence-corrected chi connectivity index (χ4v) is 3.54. The first kappa shape index (κ1) is 17.4. The van der Waals surface area contributed by atoms with Crippen LogP contribution in [0.1, 0.15) is 21.5 Å². The third-order valence-corrected chi connectivity index (χ3v) is 4.92. The number of primary amides is 1. The van der Waals surface area contributed by atoms with Crippen LogP contribution in [-0.2, 0) is 6.18 Å². The molecule has 2 N–H and O–H groups in total. The number of halogens is 3. The first-order valence-corrected chi connectivity index (χ1v) is 8.72. The molecule has 0 fully saturated rings. The van der Waals surface area contributed by atoms with Crippen LogP contribution < -0.4 is 5.73 Å². The molecule has 29 heavy (non-hydrogen) atoms. The van der Waals surface area contributed by atoms with Gasteiger partial charge in [-0.1, -0.05) is 0 Å². The minimum atomic E-state index is -4.47. The lowest BCUT2D eigenvalue weighted by Crippen LogP contribution is -2.41. The van der Waals surface area contributed by atoms with Crippen LogP contribution >= 0.6 is 0 Å². The predicted molar refractivity (Wildman–Crippen MR) is 100 cm³/mol. The first-order valence-electron chi connectivity index (χ1n) is 8.72. The van der Waals surface area contributed by atoms with Gasteiger partial charge in [0.25, 0.3) is 0 Å². The van der Waals surface area contributed by atoms with Crippen molar-refractivity contribution >= 4 is 34.4 Å². The SMILES string of the molecule is NC(=O)c1ccc2c(c1)ncn2C1=Nc2cc(C(F)(F)F)ccc2C2=NCCN21. The largest absolute Gasteiger partial charge is 0.416 e. The van der Waals surface area contributed by atoms with E-state index in [0.717, 1.165) is 12.1 Å². The van der Waals surface area contributed by atoms with Gasteiger partial charge in [0.2, 0.25) is 11.9 Å². The van der Waals surface area contributed by atoms with Crippen LogP contribution in [0.4, 0.5) is 18.9 Å². The molecule has 0 aliphatic carbocycles. The normalized spacial score (nSPS) is 15.8. The molecule has 0 bridgehead atoms. The molecule has 2 aliphatic rings. The number of aromatic nitrogens is 2. The zero-order valence-corrected chi connectivity index (χ0v) is 14.8. The highest BCUT2D eigenvalue weighted by atomic mass is 19.4. The van der Waals surface area contributed by atoms with Gasteiger partial charge < -0.3 is 5.73 Å². The van der Waals surface area contributed by atoms with Crippen molar-refractivity contribution in [2.75, 3.05) is 13.1 Å². The Hall–Kier alpha value is -3.69. The fraction of sp³-hybridized carbons (Fsp3) is 0.158. The van der Waals surface area contributed by atoms with Crippen molar-refractivity contribution in [3.8, 4) is 0 Å². The van der Waals surface area contributed by atoms with Gasteiger partial charge in [-0.2, -0.15) is 13.2 Å². The fourth-order valence-electron chi connectivity index (χ4n) is 3.54.